The largest absolute Gasteiger partial charge is 0.481 e. The fourth-order valence-electron chi connectivity index (χ4n) is 1.69. The molecule has 1 aliphatic rings. The summed E-state index contributed by atoms with van der Waals surface area (Å²) in [5.41, 5.74) is 0. The van der Waals surface area contributed by atoms with E-state index in [-0.39, 0.29) is 13.2 Å². The Labute approximate surface area is 93.7 Å². The fraction of sp³-hybridized carbons (Fsp3) is 0.636. The standard InChI is InChI=1S/C11H16O5/c12-6-3-7-16-11(15)9-5-2-1-4-8(9)10(13)14/h1-2,8-9,12H,3-7H2,(H,13,14). The van der Waals surface area contributed by atoms with Gasteiger partial charge in [-0.05, 0) is 12.8 Å². The Morgan fingerprint density at radius 1 is 1.25 bits per heavy atom. The summed E-state index contributed by atoms with van der Waals surface area (Å²) in [4.78, 5) is 22.5. The van der Waals surface area contributed by atoms with Crippen molar-refractivity contribution in [2.24, 2.45) is 11.8 Å². The molecule has 5 nitrogen and oxygen atoms in total. The summed E-state index contributed by atoms with van der Waals surface area (Å²) < 4.78 is 4.91. The Balaban J connectivity index is 2.52. The molecule has 0 saturated heterocycles. The predicted octanol–water partition coefficient (Wildman–Crippen LogP) is 0.579. The maximum atomic E-state index is 11.6. The van der Waals surface area contributed by atoms with E-state index in [4.69, 9.17) is 14.9 Å². The molecule has 1 aliphatic carbocycles. The number of carboxylic acid groups (broad SMARTS) is 1. The van der Waals surface area contributed by atoms with Crippen molar-refractivity contribution >= 4 is 11.9 Å². The molecular formula is C11H16O5. The van der Waals surface area contributed by atoms with Crippen molar-refractivity contribution in [3.05, 3.63) is 12.2 Å². The molecule has 0 aliphatic heterocycles. The van der Waals surface area contributed by atoms with Crippen molar-refractivity contribution in [1.29, 1.82) is 0 Å². The number of carboxylic acids is 1. The third-order valence-corrected chi connectivity index (χ3v) is 2.60. The Kier molecular flexibility index (Phi) is 4.98. The molecule has 2 N–H and O–H groups in total. The highest BCUT2D eigenvalue weighted by Gasteiger charge is 2.34. The van der Waals surface area contributed by atoms with Crippen LogP contribution in [0.25, 0.3) is 0 Å². The van der Waals surface area contributed by atoms with Crippen molar-refractivity contribution in [2.45, 2.75) is 19.3 Å². The smallest absolute Gasteiger partial charge is 0.310 e. The molecule has 0 aromatic heterocycles. The number of aliphatic hydroxyl groups is 1. The SMILES string of the molecule is O=C(O)C1CC=CCC1C(=O)OCCCO. The molecule has 0 aromatic carbocycles. The van der Waals surface area contributed by atoms with Crippen LogP contribution in [0.1, 0.15) is 19.3 Å². The molecule has 0 bridgehead atoms. The van der Waals surface area contributed by atoms with Gasteiger partial charge in [-0.1, -0.05) is 12.2 Å². The minimum absolute atomic E-state index is 0.0415. The van der Waals surface area contributed by atoms with Crippen molar-refractivity contribution in [1.82, 2.24) is 0 Å². The molecule has 16 heavy (non-hydrogen) atoms. The quantitative estimate of drug-likeness (QED) is 0.408. The number of carbonyl (C=O) groups excluding carboxylic acids is 1. The third kappa shape index (κ3) is 3.34. The number of ether oxygens (including phenoxy) is 1. The van der Waals surface area contributed by atoms with Gasteiger partial charge in [0.1, 0.15) is 0 Å². The summed E-state index contributed by atoms with van der Waals surface area (Å²) in [5, 5.41) is 17.5. The first kappa shape index (κ1) is 12.7. The van der Waals surface area contributed by atoms with Crippen molar-refractivity contribution < 1.29 is 24.5 Å². The van der Waals surface area contributed by atoms with Crippen LogP contribution in [0.2, 0.25) is 0 Å². The zero-order valence-corrected chi connectivity index (χ0v) is 8.96. The first-order valence-corrected chi connectivity index (χ1v) is 5.32. The van der Waals surface area contributed by atoms with Crippen LogP contribution in [0.15, 0.2) is 12.2 Å². The zero-order chi connectivity index (χ0) is 12.0. The lowest BCUT2D eigenvalue weighted by Crippen LogP contribution is -2.32. The summed E-state index contributed by atoms with van der Waals surface area (Å²) in [6, 6.07) is 0. The van der Waals surface area contributed by atoms with Gasteiger partial charge in [-0.3, -0.25) is 9.59 Å². The molecule has 2 unspecified atom stereocenters. The van der Waals surface area contributed by atoms with E-state index < -0.39 is 23.8 Å². The van der Waals surface area contributed by atoms with E-state index >= 15 is 0 Å². The molecule has 1 rings (SSSR count). The first-order chi connectivity index (χ1) is 7.66. The average Bonchev–Trinajstić information content (AvgIpc) is 2.29. The van der Waals surface area contributed by atoms with Crippen LogP contribution in [0.5, 0.6) is 0 Å². The summed E-state index contributed by atoms with van der Waals surface area (Å²) in [6.45, 7) is 0.0993. The van der Waals surface area contributed by atoms with Crippen LogP contribution < -0.4 is 0 Å². The number of hydrogen-bond acceptors (Lipinski definition) is 4. The predicted molar refractivity (Wildman–Crippen MR) is 55.7 cm³/mol. The van der Waals surface area contributed by atoms with Crippen LogP contribution >= 0.6 is 0 Å². The first-order valence-electron chi connectivity index (χ1n) is 5.32. The minimum Gasteiger partial charge on any atom is -0.481 e. The summed E-state index contributed by atoms with van der Waals surface area (Å²) in [7, 11) is 0. The second kappa shape index (κ2) is 6.27. The van der Waals surface area contributed by atoms with Gasteiger partial charge in [-0.25, -0.2) is 0 Å². The normalized spacial score (nSPS) is 24.1. The second-order valence-corrected chi connectivity index (χ2v) is 3.74. The number of hydrogen-bond donors (Lipinski definition) is 2. The molecule has 0 radical (unpaired) electrons. The van der Waals surface area contributed by atoms with Gasteiger partial charge in [0.15, 0.2) is 0 Å². The van der Waals surface area contributed by atoms with E-state index in [1.54, 1.807) is 12.2 Å². The van der Waals surface area contributed by atoms with E-state index in [1.807, 2.05) is 0 Å². The number of rotatable bonds is 5. The maximum absolute atomic E-state index is 11.6. The topological polar surface area (TPSA) is 83.8 Å². The second-order valence-electron chi connectivity index (χ2n) is 3.74. The zero-order valence-electron chi connectivity index (χ0n) is 8.96. The van der Waals surface area contributed by atoms with Crippen molar-refractivity contribution in [3.63, 3.8) is 0 Å². The molecule has 90 valence electrons. The molecular weight excluding hydrogens is 212 g/mol. The number of esters is 1. The van der Waals surface area contributed by atoms with E-state index in [1.165, 1.54) is 0 Å². The van der Waals surface area contributed by atoms with Gasteiger partial charge >= 0.3 is 11.9 Å². The number of aliphatic hydroxyl groups excluding tert-OH is 1. The van der Waals surface area contributed by atoms with Gasteiger partial charge in [-0.15, -0.1) is 0 Å². The Bertz CT molecular complexity index is 284. The maximum Gasteiger partial charge on any atom is 0.310 e. The summed E-state index contributed by atoms with van der Waals surface area (Å²) >= 11 is 0. The third-order valence-electron chi connectivity index (χ3n) is 2.60. The van der Waals surface area contributed by atoms with E-state index in [2.05, 4.69) is 0 Å². The number of allylic oxidation sites excluding steroid dienone is 2. The Hall–Kier alpha value is -1.36. The highest BCUT2D eigenvalue weighted by molar-refractivity contribution is 5.81. The summed E-state index contributed by atoms with van der Waals surface area (Å²) in [6.07, 6.45) is 4.74. The Morgan fingerprint density at radius 3 is 2.44 bits per heavy atom. The van der Waals surface area contributed by atoms with Gasteiger partial charge < -0.3 is 14.9 Å². The van der Waals surface area contributed by atoms with E-state index in [9.17, 15) is 9.59 Å². The lowest BCUT2D eigenvalue weighted by molar-refractivity contribution is -0.158. The van der Waals surface area contributed by atoms with Gasteiger partial charge in [-0.2, -0.15) is 0 Å². The van der Waals surface area contributed by atoms with Gasteiger partial charge in [0.2, 0.25) is 0 Å². The van der Waals surface area contributed by atoms with Crippen LogP contribution in [0.4, 0.5) is 0 Å². The molecule has 0 spiro atoms. The van der Waals surface area contributed by atoms with Crippen LogP contribution in [0.3, 0.4) is 0 Å². The van der Waals surface area contributed by atoms with Crippen LogP contribution in [-0.4, -0.2) is 35.4 Å². The molecule has 0 amide bonds. The summed E-state index contributed by atoms with van der Waals surface area (Å²) in [5.74, 6) is -2.73. The van der Waals surface area contributed by atoms with Gasteiger partial charge in [0.05, 0.1) is 18.4 Å². The molecule has 5 heteroatoms. The van der Waals surface area contributed by atoms with Crippen molar-refractivity contribution in [3.8, 4) is 0 Å². The molecule has 2 atom stereocenters. The Morgan fingerprint density at radius 2 is 1.88 bits per heavy atom. The molecule has 0 heterocycles. The van der Waals surface area contributed by atoms with Crippen LogP contribution in [-0.2, 0) is 14.3 Å². The molecule has 0 saturated carbocycles. The highest BCUT2D eigenvalue weighted by Crippen LogP contribution is 2.26. The monoisotopic (exact) mass is 228 g/mol. The lowest BCUT2D eigenvalue weighted by atomic mass is 9.83. The average molecular weight is 228 g/mol. The van der Waals surface area contributed by atoms with E-state index in [0.29, 0.717) is 19.3 Å². The lowest BCUT2D eigenvalue weighted by Gasteiger charge is -2.23. The van der Waals surface area contributed by atoms with Crippen LogP contribution in [0, 0.1) is 11.8 Å². The van der Waals surface area contributed by atoms with E-state index in [0.717, 1.165) is 0 Å². The van der Waals surface area contributed by atoms with Gasteiger partial charge in [0, 0.05) is 13.0 Å². The minimum atomic E-state index is -0.964. The number of carbonyl (C=O) groups is 2. The van der Waals surface area contributed by atoms with Crippen molar-refractivity contribution in [2.75, 3.05) is 13.2 Å². The highest BCUT2D eigenvalue weighted by atomic mass is 16.5. The fourth-order valence-corrected chi connectivity index (χ4v) is 1.69. The molecule has 0 aromatic rings. The number of aliphatic carboxylic acids is 1. The van der Waals surface area contributed by atoms with Gasteiger partial charge in [0.25, 0.3) is 0 Å². The molecule has 0 fully saturated rings.